The lowest BCUT2D eigenvalue weighted by Gasteiger charge is -2.09. The Balaban J connectivity index is 3.45. The number of nitrogens with zero attached hydrogens (tertiary/aromatic N) is 1. The molecule has 0 N–H and O–H groups in total. The fourth-order valence-electron chi connectivity index (χ4n) is 1.11. The predicted molar refractivity (Wildman–Crippen MR) is 57.1 cm³/mol. The minimum atomic E-state index is -0.621. The Morgan fingerprint density at radius 3 is 2.67 bits per heavy atom. The van der Waals surface area contributed by atoms with E-state index < -0.39 is 11.8 Å². The van der Waals surface area contributed by atoms with Gasteiger partial charge in [-0.1, -0.05) is 11.6 Å². The molecule has 0 aliphatic rings. The standard InChI is InChI=1S/C9H9ClFNO2S/c1-4-5(11)8(10)12-6(7(4)15-3)9(13)14-2/h1-3H3. The molecule has 3 nitrogen and oxygen atoms in total. The summed E-state index contributed by atoms with van der Waals surface area (Å²) in [6.07, 6.45) is 1.73. The number of carbonyl (C=O) groups is 1. The SMILES string of the molecule is COC(=O)c1nc(Cl)c(F)c(C)c1SC. The van der Waals surface area contributed by atoms with Gasteiger partial charge in [0, 0.05) is 10.5 Å². The van der Waals surface area contributed by atoms with E-state index in [0.29, 0.717) is 10.5 Å². The van der Waals surface area contributed by atoms with Crippen molar-refractivity contribution in [1.82, 2.24) is 4.98 Å². The highest BCUT2D eigenvalue weighted by Gasteiger charge is 2.20. The molecule has 15 heavy (non-hydrogen) atoms. The lowest BCUT2D eigenvalue weighted by molar-refractivity contribution is 0.0589. The molecule has 1 rings (SSSR count). The molecule has 0 aliphatic heterocycles. The molecule has 6 heteroatoms. The van der Waals surface area contributed by atoms with E-state index in [1.807, 2.05) is 0 Å². The van der Waals surface area contributed by atoms with E-state index in [9.17, 15) is 9.18 Å². The molecule has 0 bridgehead atoms. The monoisotopic (exact) mass is 249 g/mol. The molecule has 1 heterocycles. The molecule has 0 aliphatic carbocycles. The van der Waals surface area contributed by atoms with Crippen molar-refractivity contribution in [2.75, 3.05) is 13.4 Å². The van der Waals surface area contributed by atoms with Crippen molar-refractivity contribution >= 4 is 29.3 Å². The van der Waals surface area contributed by atoms with Gasteiger partial charge >= 0.3 is 5.97 Å². The number of methoxy groups -OCH3 is 1. The van der Waals surface area contributed by atoms with E-state index in [0.717, 1.165) is 0 Å². The summed E-state index contributed by atoms with van der Waals surface area (Å²) in [6, 6.07) is 0. The zero-order chi connectivity index (χ0) is 11.6. The third-order valence-corrected chi connectivity index (χ3v) is 3.02. The number of aromatic nitrogens is 1. The first-order valence-electron chi connectivity index (χ1n) is 4.00. The minimum Gasteiger partial charge on any atom is -0.464 e. The number of ether oxygens (including phenoxy) is 1. The first-order chi connectivity index (χ1) is 7.02. The van der Waals surface area contributed by atoms with Crippen molar-refractivity contribution in [1.29, 1.82) is 0 Å². The highest BCUT2D eigenvalue weighted by Crippen LogP contribution is 2.29. The van der Waals surface area contributed by atoms with Gasteiger partial charge in [-0.15, -0.1) is 11.8 Å². The Morgan fingerprint density at radius 1 is 1.60 bits per heavy atom. The molecule has 0 unspecified atom stereocenters. The number of carbonyl (C=O) groups excluding carboxylic acids is 1. The van der Waals surface area contributed by atoms with Crippen LogP contribution in [-0.2, 0) is 4.74 Å². The molecule has 0 aromatic carbocycles. The molecule has 1 aromatic heterocycles. The molecular formula is C9H9ClFNO2S. The normalized spacial score (nSPS) is 10.2. The van der Waals surface area contributed by atoms with Crippen molar-refractivity contribution in [3.63, 3.8) is 0 Å². The van der Waals surface area contributed by atoms with Crippen LogP contribution in [0.1, 0.15) is 16.1 Å². The van der Waals surface area contributed by atoms with Crippen LogP contribution in [0.25, 0.3) is 0 Å². The second-order valence-corrected chi connectivity index (χ2v) is 3.89. The number of hydrogen-bond donors (Lipinski definition) is 0. The number of pyridine rings is 1. The Hall–Kier alpha value is -0.810. The maximum Gasteiger partial charge on any atom is 0.357 e. The van der Waals surface area contributed by atoms with Gasteiger partial charge in [-0.05, 0) is 13.2 Å². The molecule has 0 saturated carbocycles. The summed E-state index contributed by atoms with van der Waals surface area (Å²) in [5.41, 5.74) is 0.358. The van der Waals surface area contributed by atoms with E-state index in [1.165, 1.54) is 18.9 Å². The molecule has 0 radical (unpaired) electrons. The third-order valence-electron chi connectivity index (χ3n) is 1.86. The number of hydrogen-bond acceptors (Lipinski definition) is 4. The van der Waals surface area contributed by atoms with Crippen molar-refractivity contribution < 1.29 is 13.9 Å². The molecular weight excluding hydrogens is 241 g/mol. The second-order valence-electron chi connectivity index (χ2n) is 2.72. The number of halogens is 2. The van der Waals surface area contributed by atoms with Crippen LogP contribution in [-0.4, -0.2) is 24.3 Å². The van der Waals surface area contributed by atoms with E-state index in [4.69, 9.17) is 11.6 Å². The van der Waals surface area contributed by atoms with Crippen LogP contribution in [0.3, 0.4) is 0 Å². The third kappa shape index (κ3) is 2.23. The van der Waals surface area contributed by atoms with Gasteiger partial charge in [-0.25, -0.2) is 14.2 Å². The van der Waals surface area contributed by atoms with Crippen molar-refractivity contribution in [3.05, 3.63) is 22.2 Å². The van der Waals surface area contributed by atoms with Gasteiger partial charge in [0.25, 0.3) is 0 Å². The zero-order valence-corrected chi connectivity index (χ0v) is 10.0. The zero-order valence-electron chi connectivity index (χ0n) is 8.43. The molecule has 0 spiro atoms. The van der Waals surface area contributed by atoms with E-state index in [1.54, 1.807) is 13.2 Å². The summed E-state index contributed by atoms with van der Waals surface area (Å²) in [6.45, 7) is 1.54. The summed E-state index contributed by atoms with van der Waals surface area (Å²) in [5, 5.41) is -0.314. The van der Waals surface area contributed by atoms with Crippen molar-refractivity contribution in [3.8, 4) is 0 Å². The van der Waals surface area contributed by atoms with E-state index in [-0.39, 0.29) is 10.8 Å². The predicted octanol–water partition coefficient (Wildman–Crippen LogP) is 2.69. The summed E-state index contributed by atoms with van der Waals surface area (Å²) in [4.78, 5) is 15.4. The molecule has 1 aromatic rings. The molecule has 82 valence electrons. The van der Waals surface area contributed by atoms with Gasteiger partial charge in [0.05, 0.1) is 7.11 Å². The average Bonchev–Trinajstić information content (AvgIpc) is 2.24. The van der Waals surface area contributed by atoms with Crippen LogP contribution in [0, 0.1) is 12.7 Å². The quantitative estimate of drug-likeness (QED) is 0.459. The van der Waals surface area contributed by atoms with E-state index >= 15 is 0 Å². The van der Waals surface area contributed by atoms with Crippen LogP contribution >= 0.6 is 23.4 Å². The molecule has 0 saturated heterocycles. The van der Waals surface area contributed by atoms with Crippen molar-refractivity contribution in [2.24, 2.45) is 0 Å². The summed E-state index contributed by atoms with van der Waals surface area (Å²) >= 11 is 6.77. The highest BCUT2D eigenvalue weighted by molar-refractivity contribution is 7.98. The first kappa shape index (κ1) is 12.3. The smallest absolute Gasteiger partial charge is 0.357 e. The Bertz CT molecular complexity index is 412. The van der Waals surface area contributed by atoms with Crippen LogP contribution in [0.5, 0.6) is 0 Å². The van der Waals surface area contributed by atoms with Crippen LogP contribution < -0.4 is 0 Å². The van der Waals surface area contributed by atoms with Crippen LogP contribution in [0.4, 0.5) is 4.39 Å². The summed E-state index contributed by atoms with van der Waals surface area (Å²) < 4.78 is 17.9. The van der Waals surface area contributed by atoms with Crippen molar-refractivity contribution in [2.45, 2.75) is 11.8 Å². The summed E-state index contributed by atoms with van der Waals surface area (Å²) in [5.74, 6) is -1.22. The van der Waals surface area contributed by atoms with Gasteiger partial charge < -0.3 is 4.74 Å². The maximum atomic E-state index is 13.4. The number of esters is 1. The fraction of sp³-hybridized carbons (Fsp3) is 0.333. The van der Waals surface area contributed by atoms with Gasteiger partial charge in [0.1, 0.15) is 0 Å². The fourth-order valence-corrected chi connectivity index (χ4v) is 2.06. The first-order valence-corrected chi connectivity index (χ1v) is 5.61. The lowest BCUT2D eigenvalue weighted by atomic mass is 10.2. The van der Waals surface area contributed by atoms with E-state index in [2.05, 4.69) is 9.72 Å². The van der Waals surface area contributed by atoms with Gasteiger partial charge in [-0.2, -0.15) is 0 Å². The Kier molecular flexibility index (Phi) is 3.93. The highest BCUT2D eigenvalue weighted by atomic mass is 35.5. The Morgan fingerprint density at radius 2 is 2.20 bits per heavy atom. The lowest BCUT2D eigenvalue weighted by Crippen LogP contribution is -2.09. The summed E-state index contributed by atoms with van der Waals surface area (Å²) in [7, 11) is 1.24. The average molecular weight is 250 g/mol. The van der Waals surface area contributed by atoms with Crippen LogP contribution in [0.2, 0.25) is 5.15 Å². The van der Waals surface area contributed by atoms with Gasteiger partial charge in [-0.3, -0.25) is 0 Å². The van der Waals surface area contributed by atoms with Gasteiger partial charge in [0.2, 0.25) is 0 Å². The minimum absolute atomic E-state index is 0.0499. The Labute approximate surface area is 96.0 Å². The molecule has 0 amide bonds. The largest absolute Gasteiger partial charge is 0.464 e. The topological polar surface area (TPSA) is 39.2 Å². The molecule has 0 atom stereocenters. The van der Waals surface area contributed by atoms with Crippen LogP contribution in [0.15, 0.2) is 4.90 Å². The maximum absolute atomic E-state index is 13.4. The second kappa shape index (κ2) is 4.81. The van der Waals surface area contributed by atoms with Gasteiger partial charge in [0.15, 0.2) is 16.7 Å². The number of thioether (sulfide) groups is 1. The number of rotatable bonds is 2. The molecule has 0 fully saturated rings.